The van der Waals surface area contributed by atoms with E-state index in [1.165, 1.54) is 9.80 Å². The van der Waals surface area contributed by atoms with Gasteiger partial charge in [-0.2, -0.15) is 0 Å². The molecule has 0 spiro atoms. The second kappa shape index (κ2) is 12.0. The molecule has 8 nitrogen and oxygen atoms in total. The third-order valence-corrected chi connectivity index (χ3v) is 7.55. The highest BCUT2D eigenvalue weighted by Crippen LogP contribution is 2.39. The standard InChI is InChI=1S/C34H34N2O6/c1-34(2,3)30(37)29(32(39)41-21-24-15-9-5-10-16-24)35-26(20-19-23-13-7-4-8-14-23)28(31(35)38)36-27(22-42-33(36)40)25-17-11-6-12-18-25/h4-20,26-29H,21-22H2,1-3H3/t26?,27-,28?,29?/m1/s1. The molecule has 3 aromatic carbocycles. The summed E-state index contributed by atoms with van der Waals surface area (Å²) in [5, 5.41) is 0. The van der Waals surface area contributed by atoms with Crippen molar-refractivity contribution < 1.29 is 28.7 Å². The van der Waals surface area contributed by atoms with Crippen molar-refractivity contribution in [1.29, 1.82) is 0 Å². The second-order valence-electron chi connectivity index (χ2n) is 11.5. The van der Waals surface area contributed by atoms with Gasteiger partial charge in [0.1, 0.15) is 19.3 Å². The molecule has 2 aliphatic heterocycles. The maximum absolute atomic E-state index is 14.0. The number of hydrogen-bond donors (Lipinski definition) is 0. The number of likely N-dealkylation sites (tertiary alicyclic amines) is 1. The molecule has 8 heteroatoms. The molecule has 2 amide bonds. The van der Waals surface area contributed by atoms with Crippen molar-refractivity contribution >= 4 is 29.8 Å². The quantitative estimate of drug-likeness (QED) is 0.201. The number of hydrogen-bond acceptors (Lipinski definition) is 6. The second-order valence-corrected chi connectivity index (χ2v) is 11.5. The van der Waals surface area contributed by atoms with Crippen LogP contribution in [-0.2, 0) is 30.5 Å². The van der Waals surface area contributed by atoms with E-state index in [0.29, 0.717) is 0 Å². The normalized spacial score (nSPS) is 21.2. The van der Waals surface area contributed by atoms with Gasteiger partial charge < -0.3 is 14.4 Å². The minimum atomic E-state index is -1.49. The molecule has 2 heterocycles. The van der Waals surface area contributed by atoms with Gasteiger partial charge in [-0.3, -0.25) is 14.5 Å². The maximum Gasteiger partial charge on any atom is 0.411 e. The lowest BCUT2D eigenvalue weighted by atomic mass is 9.81. The van der Waals surface area contributed by atoms with Crippen LogP contribution in [0, 0.1) is 5.41 Å². The van der Waals surface area contributed by atoms with Crippen LogP contribution in [0.1, 0.15) is 43.5 Å². The van der Waals surface area contributed by atoms with Gasteiger partial charge in [-0.15, -0.1) is 0 Å². The highest BCUT2D eigenvalue weighted by molar-refractivity contribution is 6.10. The number of nitrogens with zero attached hydrogens (tertiary/aromatic N) is 2. The van der Waals surface area contributed by atoms with Gasteiger partial charge in [0.05, 0.1) is 12.1 Å². The third-order valence-electron chi connectivity index (χ3n) is 7.55. The van der Waals surface area contributed by atoms with Crippen LogP contribution in [0.25, 0.3) is 6.08 Å². The fraction of sp³-hybridized carbons (Fsp3) is 0.294. The van der Waals surface area contributed by atoms with Gasteiger partial charge in [0.25, 0.3) is 0 Å². The van der Waals surface area contributed by atoms with Gasteiger partial charge in [-0.05, 0) is 16.7 Å². The van der Waals surface area contributed by atoms with Crippen molar-refractivity contribution in [2.45, 2.75) is 51.5 Å². The number of carbonyl (C=O) groups is 4. The van der Waals surface area contributed by atoms with E-state index < -0.39 is 53.3 Å². The van der Waals surface area contributed by atoms with Crippen LogP contribution in [0.5, 0.6) is 0 Å². The van der Waals surface area contributed by atoms with Gasteiger partial charge in [-0.25, -0.2) is 9.59 Å². The minimum absolute atomic E-state index is 0.0435. The van der Waals surface area contributed by atoms with Crippen LogP contribution >= 0.6 is 0 Å². The van der Waals surface area contributed by atoms with Crippen LogP contribution in [0.3, 0.4) is 0 Å². The summed E-state index contributed by atoms with van der Waals surface area (Å²) in [5.41, 5.74) is 1.50. The number of ether oxygens (including phenoxy) is 2. The van der Waals surface area contributed by atoms with Crippen LogP contribution < -0.4 is 0 Å². The maximum atomic E-state index is 14.0. The predicted molar refractivity (Wildman–Crippen MR) is 157 cm³/mol. The van der Waals surface area contributed by atoms with Crippen LogP contribution in [0.15, 0.2) is 97.1 Å². The Morgan fingerprint density at radius 1 is 0.929 bits per heavy atom. The molecule has 0 N–H and O–H groups in total. The zero-order chi connectivity index (χ0) is 29.9. The number of esters is 1. The van der Waals surface area contributed by atoms with Crippen molar-refractivity contribution in [3.8, 4) is 0 Å². The molecule has 0 bridgehead atoms. The van der Waals surface area contributed by atoms with E-state index >= 15 is 0 Å². The Morgan fingerprint density at radius 2 is 1.52 bits per heavy atom. The third kappa shape index (κ3) is 5.84. The number of cyclic esters (lactones) is 1. The van der Waals surface area contributed by atoms with Crippen molar-refractivity contribution in [2.24, 2.45) is 5.41 Å². The molecule has 2 fully saturated rings. The van der Waals surface area contributed by atoms with Crippen LogP contribution in [0.4, 0.5) is 4.79 Å². The SMILES string of the molecule is CC(C)(C)C(=O)C(C(=O)OCc1ccccc1)N1C(=O)C(N2C(=O)OC[C@@H]2c2ccccc2)C1C=Cc1ccccc1. The molecule has 4 atom stereocenters. The summed E-state index contributed by atoms with van der Waals surface area (Å²) in [4.78, 5) is 57.2. The van der Waals surface area contributed by atoms with E-state index in [1.807, 2.05) is 97.1 Å². The van der Waals surface area contributed by atoms with E-state index in [-0.39, 0.29) is 13.2 Å². The summed E-state index contributed by atoms with van der Waals surface area (Å²) in [6, 6.07) is 24.2. The molecule has 216 valence electrons. The van der Waals surface area contributed by atoms with Gasteiger partial charge >= 0.3 is 12.1 Å². The molecule has 2 aliphatic rings. The Morgan fingerprint density at radius 3 is 2.14 bits per heavy atom. The first-order chi connectivity index (χ1) is 20.2. The molecular formula is C34H34N2O6. The molecule has 5 rings (SSSR count). The highest BCUT2D eigenvalue weighted by Gasteiger charge is 2.60. The Bertz CT molecular complexity index is 1470. The first-order valence-corrected chi connectivity index (χ1v) is 14.0. The average Bonchev–Trinajstić information content (AvgIpc) is 3.37. The van der Waals surface area contributed by atoms with E-state index in [9.17, 15) is 19.2 Å². The molecule has 3 aromatic rings. The van der Waals surface area contributed by atoms with Crippen molar-refractivity contribution in [3.63, 3.8) is 0 Å². The average molecular weight is 567 g/mol. The lowest BCUT2D eigenvalue weighted by Crippen LogP contribution is -2.75. The molecular weight excluding hydrogens is 532 g/mol. The number of ketones is 1. The predicted octanol–water partition coefficient (Wildman–Crippen LogP) is 5.20. The molecule has 0 aliphatic carbocycles. The van der Waals surface area contributed by atoms with E-state index in [1.54, 1.807) is 26.8 Å². The van der Waals surface area contributed by atoms with Gasteiger partial charge in [0, 0.05) is 5.41 Å². The smallest absolute Gasteiger partial charge is 0.411 e. The highest BCUT2D eigenvalue weighted by atomic mass is 16.6. The van der Waals surface area contributed by atoms with E-state index in [4.69, 9.17) is 9.47 Å². The molecule has 0 aromatic heterocycles. The fourth-order valence-corrected chi connectivity index (χ4v) is 5.31. The largest absolute Gasteiger partial charge is 0.459 e. The molecule has 42 heavy (non-hydrogen) atoms. The fourth-order valence-electron chi connectivity index (χ4n) is 5.31. The van der Waals surface area contributed by atoms with E-state index in [2.05, 4.69) is 0 Å². The molecule has 0 radical (unpaired) electrons. The lowest BCUT2D eigenvalue weighted by Gasteiger charge is -2.52. The van der Waals surface area contributed by atoms with Gasteiger partial charge in [-0.1, -0.05) is 124 Å². The first kappa shape index (κ1) is 28.8. The molecule has 2 saturated heterocycles. The van der Waals surface area contributed by atoms with Crippen LogP contribution in [0.2, 0.25) is 0 Å². The minimum Gasteiger partial charge on any atom is -0.459 e. The summed E-state index contributed by atoms with van der Waals surface area (Å²) >= 11 is 0. The van der Waals surface area contributed by atoms with Crippen molar-refractivity contribution in [1.82, 2.24) is 9.80 Å². The number of rotatable bonds is 9. The number of carbonyl (C=O) groups excluding carboxylic acids is 4. The Labute approximate surface area is 245 Å². The van der Waals surface area contributed by atoms with Crippen molar-refractivity contribution in [3.05, 3.63) is 114 Å². The lowest BCUT2D eigenvalue weighted by molar-refractivity contribution is -0.175. The van der Waals surface area contributed by atoms with Crippen molar-refractivity contribution in [2.75, 3.05) is 6.61 Å². The zero-order valence-corrected chi connectivity index (χ0v) is 23.9. The summed E-state index contributed by atoms with van der Waals surface area (Å²) in [5.74, 6) is -1.78. The topological polar surface area (TPSA) is 93.2 Å². The number of β-lactam (4-membered cyclic amide) rings is 1. The summed E-state index contributed by atoms with van der Waals surface area (Å²) < 4.78 is 11.0. The number of Topliss-reactive ketones (excluding diaryl/α,β-unsaturated/α-hetero) is 1. The Kier molecular flexibility index (Phi) is 8.24. The number of benzene rings is 3. The summed E-state index contributed by atoms with van der Waals surface area (Å²) in [6.07, 6.45) is 2.97. The number of amides is 2. The molecule has 3 unspecified atom stereocenters. The monoisotopic (exact) mass is 566 g/mol. The Balaban J connectivity index is 1.51. The van der Waals surface area contributed by atoms with Gasteiger partial charge in [0.15, 0.2) is 11.8 Å². The van der Waals surface area contributed by atoms with E-state index in [0.717, 1.165) is 16.7 Å². The Hall–Kier alpha value is -4.72. The van der Waals surface area contributed by atoms with Gasteiger partial charge in [0.2, 0.25) is 5.91 Å². The molecule has 0 saturated carbocycles. The first-order valence-electron chi connectivity index (χ1n) is 14.0. The zero-order valence-electron chi connectivity index (χ0n) is 23.9. The summed E-state index contributed by atoms with van der Waals surface area (Å²) in [6.45, 7) is 5.15. The summed E-state index contributed by atoms with van der Waals surface area (Å²) in [7, 11) is 0. The van der Waals surface area contributed by atoms with Crippen LogP contribution in [-0.4, -0.2) is 58.3 Å².